The van der Waals surface area contributed by atoms with Gasteiger partial charge in [0.1, 0.15) is 0 Å². The summed E-state index contributed by atoms with van der Waals surface area (Å²) in [5, 5.41) is 10.1. The zero-order chi connectivity index (χ0) is 12.4. The maximum atomic E-state index is 11.7. The number of nitriles is 1. The molecule has 17 heavy (non-hydrogen) atoms. The highest BCUT2D eigenvalue weighted by Gasteiger charge is 2.05. The summed E-state index contributed by atoms with van der Waals surface area (Å²) in [6, 6.07) is 7.52. The van der Waals surface area contributed by atoms with E-state index in [1.165, 1.54) is 0 Å². The molecule has 3 nitrogen and oxygen atoms in total. The minimum absolute atomic E-state index is 0.130. The third-order valence-electron chi connectivity index (χ3n) is 2.71. The molecular weight excluding hydrogens is 236 g/mol. The monoisotopic (exact) mass is 246 g/mol. The molecule has 0 spiro atoms. The van der Waals surface area contributed by atoms with Crippen molar-refractivity contribution in [2.24, 2.45) is 0 Å². The lowest BCUT2D eigenvalue weighted by atomic mass is 10.1. The molecule has 2 rings (SSSR count). The van der Waals surface area contributed by atoms with E-state index in [-0.39, 0.29) is 5.56 Å². The summed E-state index contributed by atoms with van der Waals surface area (Å²) in [5.74, 6) is 0. The van der Waals surface area contributed by atoms with Gasteiger partial charge >= 0.3 is 0 Å². The zero-order valence-corrected chi connectivity index (χ0v) is 10.1. The number of aryl methyl sites for hydroxylation is 2. The van der Waals surface area contributed by atoms with Gasteiger partial charge in [0.05, 0.1) is 6.07 Å². The number of benzene rings is 1. The Hall–Kier alpha value is -1.79. The Morgan fingerprint density at radius 1 is 1.41 bits per heavy atom. The molecule has 1 heterocycles. The molecule has 4 heteroatoms. The van der Waals surface area contributed by atoms with Crippen LogP contribution in [0.15, 0.2) is 23.0 Å². The molecule has 0 aliphatic carbocycles. The van der Waals surface area contributed by atoms with Crippen molar-refractivity contribution in [3.05, 3.63) is 44.7 Å². The average molecular weight is 247 g/mol. The minimum Gasteiger partial charge on any atom is -0.322 e. The van der Waals surface area contributed by atoms with Crippen LogP contribution in [0.4, 0.5) is 0 Å². The zero-order valence-electron chi connectivity index (χ0n) is 9.38. The number of fused-ring (bicyclic) bond motifs is 1. The van der Waals surface area contributed by atoms with E-state index in [4.69, 9.17) is 16.9 Å². The number of rotatable bonds is 2. The quantitative estimate of drug-likeness (QED) is 0.886. The Balaban J connectivity index is 2.60. The van der Waals surface area contributed by atoms with Crippen molar-refractivity contribution < 1.29 is 0 Å². The molecule has 0 saturated carbocycles. The summed E-state index contributed by atoms with van der Waals surface area (Å²) >= 11 is 6.04. The highest BCUT2D eigenvalue weighted by molar-refractivity contribution is 6.32. The second-order valence-electron chi connectivity index (χ2n) is 3.97. The van der Waals surface area contributed by atoms with Gasteiger partial charge in [-0.2, -0.15) is 5.26 Å². The van der Waals surface area contributed by atoms with E-state index in [9.17, 15) is 4.79 Å². The Morgan fingerprint density at radius 2 is 2.18 bits per heavy atom. The Bertz CT molecular complexity index is 667. The maximum Gasteiger partial charge on any atom is 0.251 e. The van der Waals surface area contributed by atoms with E-state index in [0.717, 1.165) is 16.5 Å². The second kappa shape index (κ2) is 4.60. The Labute approximate surface area is 104 Å². The van der Waals surface area contributed by atoms with Crippen LogP contribution >= 0.6 is 11.6 Å². The Morgan fingerprint density at radius 3 is 2.88 bits per heavy atom. The summed E-state index contributed by atoms with van der Waals surface area (Å²) in [6.45, 7) is 1.89. The van der Waals surface area contributed by atoms with Gasteiger partial charge in [0.15, 0.2) is 0 Å². The third kappa shape index (κ3) is 2.32. The van der Waals surface area contributed by atoms with Crippen molar-refractivity contribution in [2.75, 3.05) is 0 Å². The van der Waals surface area contributed by atoms with Crippen molar-refractivity contribution >= 4 is 22.5 Å². The van der Waals surface area contributed by atoms with Crippen LogP contribution in [0.2, 0.25) is 5.02 Å². The highest BCUT2D eigenvalue weighted by atomic mass is 35.5. The van der Waals surface area contributed by atoms with Crippen LogP contribution in [-0.4, -0.2) is 4.98 Å². The fourth-order valence-corrected chi connectivity index (χ4v) is 1.93. The normalized spacial score (nSPS) is 10.4. The maximum absolute atomic E-state index is 11.7. The van der Waals surface area contributed by atoms with Crippen molar-refractivity contribution in [3.63, 3.8) is 0 Å². The van der Waals surface area contributed by atoms with E-state index in [2.05, 4.69) is 4.98 Å². The van der Waals surface area contributed by atoms with E-state index in [1.807, 2.05) is 25.1 Å². The lowest BCUT2D eigenvalue weighted by Crippen LogP contribution is -2.12. The second-order valence-corrected chi connectivity index (χ2v) is 4.38. The van der Waals surface area contributed by atoms with E-state index < -0.39 is 0 Å². The SMILES string of the molecule is Cc1cc2[nH]c(=O)c(CCC#N)cc2cc1Cl. The van der Waals surface area contributed by atoms with Gasteiger partial charge in [-0.1, -0.05) is 11.6 Å². The van der Waals surface area contributed by atoms with E-state index >= 15 is 0 Å². The number of hydrogen-bond donors (Lipinski definition) is 1. The molecule has 0 bridgehead atoms. The number of aromatic nitrogens is 1. The number of nitrogens with one attached hydrogen (secondary N) is 1. The first-order valence-corrected chi connectivity index (χ1v) is 5.68. The van der Waals surface area contributed by atoms with Crippen LogP contribution in [0.25, 0.3) is 10.9 Å². The molecule has 0 unspecified atom stereocenters. The van der Waals surface area contributed by atoms with Gasteiger partial charge in [0.2, 0.25) is 0 Å². The lowest BCUT2D eigenvalue weighted by Gasteiger charge is -2.04. The summed E-state index contributed by atoms with van der Waals surface area (Å²) < 4.78 is 0. The van der Waals surface area contributed by atoms with Crippen molar-refractivity contribution in [3.8, 4) is 6.07 Å². The molecule has 0 saturated heterocycles. The van der Waals surface area contributed by atoms with Crippen LogP contribution in [0.1, 0.15) is 17.5 Å². The van der Waals surface area contributed by atoms with Gasteiger partial charge in [-0.15, -0.1) is 0 Å². The van der Waals surface area contributed by atoms with Gasteiger partial charge < -0.3 is 4.98 Å². The molecule has 0 radical (unpaired) electrons. The van der Waals surface area contributed by atoms with Crippen LogP contribution in [0.5, 0.6) is 0 Å². The van der Waals surface area contributed by atoms with Gasteiger partial charge in [0, 0.05) is 22.5 Å². The first kappa shape index (κ1) is 11.7. The van der Waals surface area contributed by atoms with E-state index in [1.54, 1.807) is 6.07 Å². The fourth-order valence-electron chi connectivity index (χ4n) is 1.76. The predicted octanol–water partition coefficient (Wildman–Crippen LogP) is 2.95. The van der Waals surface area contributed by atoms with Gasteiger partial charge in [-0.05, 0) is 42.5 Å². The first-order chi connectivity index (χ1) is 8.11. The van der Waals surface area contributed by atoms with Crippen LogP contribution in [0.3, 0.4) is 0 Å². The van der Waals surface area contributed by atoms with Gasteiger partial charge in [-0.3, -0.25) is 4.79 Å². The van der Waals surface area contributed by atoms with Crippen molar-refractivity contribution in [2.45, 2.75) is 19.8 Å². The topological polar surface area (TPSA) is 56.6 Å². The lowest BCUT2D eigenvalue weighted by molar-refractivity contribution is 0.983. The molecule has 2 aromatic rings. The molecule has 0 atom stereocenters. The summed E-state index contributed by atoms with van der Waals surface area (Å²) in [5.41, 5.74) is 2.20. The first-order valence-electron chi connectivity index (χ1n) is 5.31. The molecule has 0 aliphatic rings. The number of H-pyrrole nitrogens is 1. The summed E-state index contributed by atoms with van der Waals surface area (Å²) in [6.07, 6.45) is 0.807. The van der Waals surface area contributed by atoms with Gasteiger partial charge in [-0.25, -0.2) is 0 Å². The molecule has 1 aromatic heterocycles. The molecule has 1 N–H and O–H groups in total. The molecule has 0 aliphatic heterocycles. The number of nitrogens with zero attached hydrogens (tertiary/aromatic N) is 1. The number of pyridine rings is 1. The number of aromatic amines is 1. The Kier molecular flexibility index (Phi) is 3.16. The van der Waals surface area contributed by atoms with Crippen LogP contribution in [0, 0.1) is 18.3 Å². The highest BCUT2D eigenvalue weighted by Crippen LogP contribution is 2.21. The van der Waals surface area contributed by atoms with E-state index in [0.29, 0.717) is 23.4 Å². The summed E-state index contributed by atoms with van der Waals surface area (Å²) in [7, 11) is 0. The number of halogens is 1. The molecule has 0 fully saturated rings. The molecule has 0 amide bonds. The fraction of sp³-hybridized carbons (Fsp3) is 0.231. The third-order valence-corrected chi connectivity index (χ3v) is 3.11. The predicted molar refractivity (Wildman–Crippen MR) is 68.2 cm³/mol. The number of hydrogen-bond acceptors (Lipinski definition) is 2. The van der Waals surface area contributed by atoms with Crippen molar-refractivity contribution in [1.29, 1.82) is 5.26 Å². The van der Waals surface area contributed by atoms with Crippen LogP contribution in [-0.2, 0) is 6.42 Å². The van der Waals surface area contributed by atoms with Crippen LogP contribution < -0.4 is 5.56 Å². The van der Waals surface area contributed by atoms with Gasteiger partial charge in [0.25, 0.3) is 5.56 Å². The standard InChI is InChI=1S/C13H11ClN2O/c1-8-5-12-10(7-11(8)14)6-9(3-2-4-15)13(17)16-12/h5-7H,2-3H2,1H3,(H,16,17). The molecule has 86 valence electrons. The average Bonchev–Trinajstić information content (AvgIpc) is 2.29. The smallest absolute Gasteiger partial charge is 0.251 e. The largest absolute Gasteiger partial charge is 0.322 e. The molecular formula is C13H11ClN2O. The minimum atomic E-state index is -0.130. The molecule has 1 aromatic carbocycles. The summed E-state index contributed by atoms with van der Waals surface area (Å²) in [4.78, 5) is 14.5. The van der Waals surface area contributed by atoms with Crippen molar-refractivity contribution in [1.82, 2.24) is 4.98 Å².